The van der Waals surface area contributed by atoms with E-state index in [1.807, 2.05) is 13.8 Å². The molecule has 3 N–H and O–H groups in total. The molecule has 0 heterocycles. The van der Waals surface area contributed by atoms with E-state index in [0.717, 1.165) is 26.1 Å². The number of carboxylic acids is 1. The van der Waals surface area contributed by atoms with Crippen molar-refractivity contribution in [1.29, 1.82) is 0 Å². The van der Waals surface area contributed by atoms with Crippen LogP contribution in [0.25, 0.3) is 0 Å². The first-order valence-electron chi connectivity index (χ1n) is 7.45. The Morgan fingerprint density at radius 3 is 2.25 bits per heavy atom. The fourth-order valence-corrected chi connectivity index (χ4v) is 1.92. The summed E-state index contributed by atoms with van der Waals surface area (Å²) in [4.78, 5) is 25.0. The molecule has 0 rings (SSSR count). The average Bonchev–Trinajstić information content (AvgIpc) is 2.43. The van der Waals surface area contributed by atoms with Gasteiger partial charge in [0, 0.05) is 6.54 Å². The van der Waals surface area contributed by atoms with E-state index in [2.05, 4.69) is 29.4 Å². The Hall–Kier alpha value is -1.30. The van der Waals surface area contributed by atoms with Gasteiger partial charge in [-0.3, -0.25) is 0 Å². The molecule has 0 aliphatic carbocycles. The highest BCUT2D eigenvalue weighted by Gasteiger charge is 2.24. The molecule has 6 heteroatoms. The molecule has 0 radical (unpaired) electrons. The number of aliphatic carboxylic acids is 1. The van der Waals surface area contributed by atoms with Gasteiger partial charge in [-0.2, -0.15) is 0 Å². The Balaban J connectivity index is 4.00. The third-order valence-corrected chi connectivity index (χ3v) is 3.60. The van der Waals surface area contributed by atoms with E-state index in [-0.39, 0.29) is 5.92 Å². The summed E-state index contributed by atoms with van der Waals surface area (Å²) in [7, 11) is 0. The van der Waals surface area contributed by atoms with E-state index in [9.17, 15) is 9.59 Å². The first-order chi connectivity index (χ1) is 9.46. The minimum atomic E-state index is -0.988. The smallest absolute Gasteiger partial charge is 0.326 e. The van der Waals surface area contributed by atoms with E-state index in [1.165, 1.54) is 0 Å². The monoisotopic (exact) mass is 287 g/mol. The second-order valence-corrected chi connectivity index (χ2v) is 4.98. The lowest BCUT2D eigenvalue weighted by Gasteiger charge is -2.21. The third kappa shape index (κ3) is 7.33. The second kappa shape index (κ2) is 10.5. The van der Waals surface area contributed by atoms with Crippen LogP contribution in [0.2, 0.25) is 0 Å². The fourth-order valence-electron chi connectivity index (χ4n) is 1.92. The molecule has 6 nitrogen and oxygen atoms in total. The Morgan fingerprint density at radius 2 is 1.80 bits per heavy atom. The predicted molar refractivity (Wildman–Crippen MR) is 79.8 cm³/mol. The number of urea groups is 1. The van der Waals surface area contributed by atoms with Crippen molar-refractivity contribution in [3.05, 3.63) is 0 Å². The minimum absolute atomic E-state index is 0.0890. The zero-order chi connectivity index (χ0) is 15.5. The van der Waals surface area contributed by atoms with Crippen LogP contribution in [0.15, 0.2) is 0 Å². The first kappa shape index (κ1) is 18.7. The van der Waals surface area contributed by atoms with Crippen LogP contribution < -0.4 is 10.6 Å². The summed E-state index contributed by atoms with van der Waals surface area (Å²) < 4.78 is 0. The van der Waals surface area contributed by atoms with Crippen molar-refractivity contribution in [1.82, 2.24) is 15.5 Å². The molecule has 0 saturated heterocycles. The normalized spacial score (nSPS) is 13.8. The van der Waals surface area contributed by atoms with E-state index in [0.29, 0.717) is 13.0 Å². The Kier molecular flexibility index (Phi) is 9.80. The summed E-state index contributed by atoms with van der Waals surface area (Å²) in [6, 6.07) is -1.24. The summed E-state index contributed by atoms with van der Waals surface area (Å²) in [6.45, 7) is 11.4. The lowest BCUT2D eigenvalue weighted by atomic mass is 9.99. The van der Waals surface area contributed by atoms with Gasteiger partial charge < -0.3 is 20.6 Å². The highest BCUT2D eigenvalue weighted by molar-refractivity contribution is 5.82. The van der Waals surface area contributed by atoms with Gasteiger partial charge in [0.2, 0.25) is 0 Å². The van der Waals surface area contributed by atoms with Gasteiger partial charge in [0.05, 0.1) is 0 Å². The molecule has 0 aliphatic rings. The average molecular weight is 287 g/mol. The highest BCUT2D eigenvalue weighted by Crippen LogP contribution is 2.07. The van der Waals surface area contributed by atoms with Crippen LogP contribution in [-0.2, 0) is 4.79 Å². The summed E-state index contributed by atoms with van der Waals surface area (Å²) in [6.07, 6.45) is 1.56. The number of nitrogens with one attached hydrogen (secondary N) is 2. The SMILES string of the molecule is CC[C@H](C)[C@H](NC(=O)NCCCN(CC)CC)C(=O)O. The van der Waals surface area contributed by atoms with Crippen LogP contribution in [0, 0.1) is 5.92 Å². The predicted octanol–water partition coefficient (Wildman–Crippen LogP) is 1.52. The number of carbonyl (C=O) groups excluding carboxylic acids is 1. The summed E-state index contributed by atoms with van der Waals surface area (Å²) in [5.74, 6) is -1.08. The zero-order valence-corrected chi connectivity index (χ0v) is 13.1. The number of nitrogens with zero attached hydrogens (tertiary/aromatic N) is 1. The van der Waals surface area contributed by atoms with Crippen LogP contribution >= 0.6 is 0 Å². The van der Waals surface area contributed by atoms with Gasteiger partial charge >= 0.3 is 12.0 Å². The molecule has 0 aliphatic heterocycles. The molecule has 0 aromatic carbocycles. The number of amides is 2. The van der Waals surface area contributed by atoms with E-state index >= 15 is 0 Å². The zero-order valence-electron chi connectivity index (χ0n) is 13.1. The van der Waals surface area contributed by atoms with Crippen LogP contribution in [0.4, 0.5) is 4.79 Å². The molecule has 2 amide bonds. The van der Waals surface area contributed by atoms with Crippen molar-refractivity contribution in [3.63, 3.8) is 0 Å². The Labute approximate surface area is 121 Å². The number of rotatable bonds is 10. The van der Waals surface area contributed by atoms with Crippen molar-refractivity contribution in [2.75, 3.05) is 26.2 Å². The quantitative estimate of drug-likeness (QED) is 0.532. The van der Waals surface area contributed by atoms with Crippen molar-refractivity contribution in [3.8, 4) is 0 Å². The first-order valence-corrected chi connectivity index (χ1v) is 7.45. The molecule has 0 aromatic rings. The largest absolute Gasteiger partial charge is 0.480 e. The molecular formula is C14H29N3O3. The molecule has 20 heavy (non-hydrogen) atoms. The second-order valence-electron chi connectivity index (χ2n) is 4.98. The standard InChI is InChI=1S/C14H29N3O3/c1-5-11(4)12(13(18)19)16-14(20)15-9-8-10-17(6-2)7-3/h11-12H,5-10H2,1-4H3,(H,18,19)(H2,15,16,20)/t11-,12-/m0/s1. The molecule has 0 unspecified atom stereocenters. The van der Waals surface area contributed by atoms with Gasteiger partial charge in [-0.1, -0.05) is 34.1 Å². The van der Waals surface area contributed by atoms with Gasteiger partial charge in [-0.15, -0.1) is 0 Å². The Bertz CT molecular complexity index is 293. The maximum Gasteiger partial charge on any atom is 0.326 e. The van der Waals surface area contributed by atoms with Gasteiger partial charge in [-0.05, 0) is 32.0 Å². The van der Waals surface area contributed by atoms with Crippen LogP contribution in [0.3, 0.4) is 0 Å². The van der Waals surface area contributed by atoms with Gasteiger partial charge in [0.25, 0.3) is 0 Å². The fraction of sp³-hybridized carbons (Fsp3) is 0.857. The third-order valence-electron chi connectivity index (χ3n) is 3.60. The molecule has 118 valence electrons. The summed E-state index contributed by atoms with van der Waals surface area (Å²) in [5.41, 5.74) is 0. The lowest BCUT2D eigenvalue weighted by Crippen LogP contribution is -2.49. The topological polar surface area (TPSA) is 81.7 Å². The molecule has 0 bridgehead atoms. The van der Waals surface area contributed by atoms with E-state index < -0.39 is 18.0 Å². The number of carboxylic acid groups (broad SMARTS) is 1. The summed E-state index contributed by atoms with van der Waals surface area (Å²) in [5, 5.41) is 14.3. The van der Waals surface area contributed by atoms with Crippen molar-refractivity contribution in [2.24, 2.45) is 5.92 Å². The number of carbonyl (C=O) groups is 2. The highest BCUT2D eigenvalue weighted by atomic mass is 16.4. The molecule has 0 saturated carbocycles. The van der Waals surface area contributed by atoms with E-state index in [1.54, 1.807) is 0 Å². The molecule has 2 atom stereocenters. The van der Waals surface area contributed by atoms with E-state index in [4.69, 9.17) is 5.11 Å². The summed E-state index contributed by atoms with van der Waals surface area (Å²) >= 11 is 0. The molecule has 0 spiro atoms. The number of hydrogen-bond acceptors (Lipinski definition) is 3. The Morgan fingerprint density at radius 1 is 1.20 bits per heavy atom. The lowest BCUT2D eigenvalue weighted by molar-refractivity contribution is -0.140. The van der Waals surface area contributed by atoms with Gasteiger partial charge in [-0.25, -0.2) is 9.59 Å². The van der Waals surface area contributed by atoms with Crippen LogP contribution in [-0.4, -0.2) is 54.2 Å². The van der Waals surface area contributed by atoms with Gasteiger partial charge in [0.15, 0.2) is 0 Å². The van der Waals surface area contributed by atoms with Crippen LogP contribution in [0.1, 0.15) is 40.5 Å². The maximum absolute atomic E-state index is 11.7. The van der Waals surface area contributed by atoms with Crippen molar-refractivity contribution >= 4 is 12.0 Å². The van der Waals surface area contributed by atoms with Gasteiger partial charge in [0.1, 0.15) is 6.04 Å². The molecule has 0 aromatic heterocycles. The molecular weight excluding hydrogens is 258 g/mol. The molecule has 0 fully saturated rings. The minimum Gasteiger partial charge on any atom is -0.480 e. The van der Waals surface area contributed by atoms with Crippen molar-refractivity contribution in [2.45, 2.75) is 46.6 Å². The van der Waals surface area contributed by atoms with Crippen LogP contribution in [0.5, 0.6) is 0 Å². The number of hydrogen-bond donors (Lipinski definition) is 3. The maximum atomic E-state index is 11.7. The van der Waals surface area contributed by atoms with Crippen molar-refractivity contribution < 1.29 is 14.7 Å².